The van der Waals surface area contributed by atoms with E-state index in [1.54, 1.807) is 20.8 Å². The summed E-state index contributed by atoms with van der Waals surface area (Å²) in [6.07, 6.45) is 0.405. The maximum absolute atomic E-state index is 11.4. The Hall–Kier alpha value is -1.78. The van der Waals surface area contributed by atoms with Gasteiger partial charge >= 0.3 is 11.9 Å². The van der Waals surface area contributed by atoms with Crippen LogP contribution in [0.5, 0.6) is 0 Å². The summed E-state index contributed by atoms with van der Waals surface area (Å²) in [5.74, 6) is -2.10. The molecule has 0 aromatic heterocycles. The Labute approximate surface area is 106 Å². The van der Waals surface area contributed by atoms with E-state index in [0.29, 0.717) is 24.2 Å². The van der Waals surface area contributed by atoms with Gasteiger partial charge < -0.3 is 15.1 Å². The van der Waals surface area contributed by atoms with Gasteiger partial charge in [0.15, 0.2) is 0 Å². The Kier molecular flexibility index (Phi) is 4.16. The molecule has 18 heavy (non-hydrogen) atoms. The van der Waals surface area contributed by atoms with Crippen molar-refractivity contribution in [3.63, 3.8) is 0 Å². The lowest BCUT2D eigenvalue weighted by molar-refractivity contribution is -0.133. The van der Waals surface area contributed by atoms with Gasteiger partial charge in [0.2, 0.25) is 0 Å². The zero-order valence-electron chi connectivity index (χ0n) is 11.1. The van der Waals surface area contributed by atoms with Gasteiger partial charge in [0.05, 0.1) is 17.2 Å². The largest absolute Gasteiger partial charge is 0.478 e. The van der Waals surface area contributed by atoms with E-state index in [1.165, 1.54) is 0 Å². The zero-order chi connectivity index (χ0) is 14.0. The van der Waals surface area contributed by atoms with E-state index in [0.717, 1.165) is 0 Å². The third-order valence-corrected chi connectivity index (χ3v) is 3.44. The van der Waals surface area contributed by atoms with Crippen LogP contribution in [-0.2, 0) is 9.59 Å². The van der Waals surface area contributed by atoms with Crippen LogP contribution in [0.2, 0.25) is 0 Å². The first-order valence-corrected chi connectivity index (χ1v) is 6.04. The predicted octanol–water partition coefficient (Wildman–Crippen LogP) is 1.86. The maximum Gasteiger partial charge on any atom is 0.337 e. The van der Waals surface area contributed by atoms with Crippen molar-refractivity contribution in [2.45, 2.75) is 40.2 Å². The minimum absolute atomic E-state index is 0.134. The quantitative estimate of drug-likeness (QED) is 0.799. The Morgan fingerprint density at radius 2 is 1.78 bits per heavy atom. The van der Waals surface area contributed by atoms with Crippen LogP contribution in [0.15, 0.2) is 22.4 Å². The number of allylic oxidation sites excluding steroid dienone is 1. The Morgan fingerprint density at radius 3 is 2.11 bits per heavy atom. The summed E-state index contributed by atoms with van der Waals surface area (Å²) in [5.41, 5.74) is 1.40. The molecule has 0 fully saturated rings. The molecule has 1 aliphatic rings. The van der Waals surface area contributed by atoms with Crippen molar-refractivity contribution in [1.29, 1.82) is 0 Å². The zero-order valence-corrected chi connectivity index (χ0v) is 11.1. The Morgan fingerprint density at radius 1 is 1.22 bits per heavy atom. The van der Waals surface area contributed by atoms with Crippen molar-refractivity contribution in [2.75, 3.05) is 6.54 Å². The highest BCUT2D eigenvalue weighted by Crippen LogP contribution is 2.33. The fourth-order valence-electron chi connectivity index (χ4n) is 2.66. The number of rotatable bonds is 4. The fraction of sp³-hybridized carbons (Fsp3) is 0.538. The molecular formula is C13H19NO4. The summed E-state index contributed by atoms with van der Waals surface area (Å²) in [5, 5.41) is 18.6. The van der Waals surface area contributed by atoms with Crippen LogP contribution in [0.4, 0.5) is 0 Å². The van der Waals surface area contributed by atoms with E-state index in [-0.39, 0.29) is 17.2 Å². The smallest absolute Gasteiger partial charge is 0.337 e. The highest BCUT2D eigenvalue weighted by Gasteiger charge is 2.35. The molecule has 100 valence electrons. The summed E-state index contributed by atoms with van der Waals surface area (Å²) in [6.45, 7) is 7.78. The molecule has 5 nitrogen and oxygen atoms in total. The number of nitrogens with zero attached hydrogens (tertiary/aromatic N) is 1. The van der Waals surface area contributed by atoms with Crippen LogP contribution in [0.3, 0.4) is 0 Å². The van der Waals surface area contributed by atoms with Gasteiger partial charge in [-0.3, -0.25) is 0 Å². The number of carboxylic acid groups (broad SMARTS) is 2. The molecule has 0 aliphatic carbocycles. The van der Waals surface area contributed by atoms with Crippen molar-refractivity contribution in [2.24, 2.45) is 0 Å². The average Bonchev–Trinajstić information content (AvgIpc) is 2.27. The molecule has 1 unspecified atom stereocenters. The van der Waals surface area contributed by atoms with E-state index in [4.69, 9.17) is 0 Å². The number of carboxylic acids is 2. The number of hydrogen-bond acceptors (Lipinski definition) is 3. The van der Waals surface area contributed by atoms with Crippen LogP contribution >= 0.6 is 0 Å². The molecule has 0 aromatic carbocycles. The highest BCUT2D eigenvalue weighted by molar-refractivity contribution is 5.99. The maximum atomic E-state index is 11.4. The van der Waals surface area contributed by atoms with E-state index in [1.807, 2.05) is 11.8 Å². The third kappa shape index (κ3) is 2.12. The predicted molar refractivity (Wildman–Crippen MR) is 67.1 cm³/mol. The molecular weight excluding hydrogens is 234 g/mol. The number of aliphatic carboxylic acids is 2. The second-order valence-electron chi connectivity index (χ2n) is 4.28. The summed E-state index contributed by atoms with van der Waals surface area (Å²) >= 11 is 0. The first-order chi connectivity index (χ1) is 8.36. The monoisotopic (exact) mass is 253 g/mol. The molecule has 1 atom stereocenters. The number of carbonyl (C=O) groups is 2. The summed E-state index contributed by atoms with van der Waals surface area (Å²) in [7, 11) is 0. The molecule has 0 radical (unpaired) electrons. The van der Waals surface area contributed by atoms with Crippen molar-refractivity contribution in [3.05, 3.63) is 22.4 Å². The molecule has 1 heterocycles. The first-order valence-electron chi connectivity index (χ1n) is 6.04. The lowest BCUT2D eigenvalue weighted by Crippen LogP contribution is -2.41. The average molecular weight is 253 g/mol. The van der Waals surface area contributed by atoms with Gasteiger partial charge in [-0.2, -0.15) is 0 Å². The van der Waals surface area contributed by atoms with E-state index in [9.17, 15) is 19.8 Å². The van der Waals surface area contributed by atoms with Crippen LogP contribution in [0, 0.1) is 0 Å². The molecule has 5 heteroatoms. The second-order valence-corrected chi connectivity index (χ2v) is 4.28. The van der Waals surface area contributed by atoms with E-state index in [2.05, 4.69) is 0 Å². The van der Waals surface area contributed by atoms with Crippen LogP contribution in [-0.4, -0.2) is 39.6 Å². The third-order valence-electron chi connectivity index (χ3n) is 3.44. The standard InChI is InChI=1S/C13H19NO4/c1-5-9-10(12(15)16)7(3)14(6-2)8(4)11(9)13(17)18/h7H,5-6H2,1-4H3,(H,15,16)(H,17,18). The lowest BCUT2D eigenvalue weighted by atomic mass is 9.87. The van der Waals surface area contributed by atoms with Gasteiger partial charge in [-0.15, -0.1) is 0 Å². The van der Waals surface area contributed by atoms with Crippen molar-refractivity contribution in [3.8, 4) is 0 Å². The second kappa shape index (κ2) is 5.25. The normalized spacial score (nSPS) is 20.4. The molecule has 0 aromatic rings. The summed E-state index contributed by atoms with van der Waals surface area (Å²) in [6, 6.07) is -0.300. The van der Waals surface area contributed by atoms with Crippen LogP contribution in [0.25, 0.3) is 0 Å². The van der Waals surface area contributed by atoms with Gasteiger partial charge in [0.25, 0.3) is 0 Å². The molecule has 1 aliphatic heterocycles. The molecule has 0 saturated heterocycles. The number of likely N-dealkylation sites (N-methyl/N-ethyl adjacent to an activating group) is 1. The lowest BCUT2D eigenvalue weighted by Gasteiger charge is -2.37. The molecule has 0 spiro atoms. The van der Waals surface area contributed by atoms with Gasteiger partial charge in [-0.25, -0.2) is 9.59 Å². The SMILES string of the molecule is CCC1=C(C(=O)O)C(C)N(CC)C(C)=C1C(=O)O. The molecule has 2 N–H and O–H groups in total. The van der Waals surface area contributed by atoms with Crippen molar-refractivity contribution in [1.82, 2.24) is 4.90 Å². The summed E-state index contributed by atoms with van der Waals surface area (Å²) < 4.78 is 0. The van der Waals surface area contributed by atoms with Crippen LogP contribution < -0.4 is 0 Å². The summed E-state index contributed by atoms with van der Waals surface area (Å²) in [4.78, 5) is 24.5. The Bertz CT molecular complexity index is 448. The Balaban J connectivity index is 3.56. The number of hydrogen-bond donors (Lipinski definition) is 2. The van der Waals surface area contributed by atoms with Crippen molar-refractivity contribution < 1.29 is 19.8 Å². The minimum Gasteiger partial charge on any atom is -0.478 e. The first kappa shape index (κ1) is 14.3. The molecule has 0 bridgehead atoms. The highest BCUT2D eigenvalue weighted by atomic mass is 16.4. The van der Waals surface area contributed by atoms with Gasteiger partial charge in [0, 0.05) is 12.2 Å². The van der Waals surface area contributed by atoms with Gasteiger partial charge in [-0.05, 0) is 32.8 Å². The topological polar surface area (TPSA) is 77.8 Å². The van der Waals surface area contributed by atoms with Gasteiger partial charge in [-0.1, -0.05) is 6.92 Å². The molecule has 0 saturated carbocycles. The van der Waals surface area contributed by atoms with Gasteiger partial charge in [0.1, 0.15) is 0 Å². The molecule has 0 amide bonds. The van der Waals surface area contributed by atoms with Crippen LogP contribution in [0.1, 0.15) is 34.1 Å². The van der Waals surface area contributed by atoms with E-state index >= 15 is 0 Å². The molecule has 1 rings (SSSR count). The van der Waals surface area contributed by atoms with Crippen molar-refractivity contribution >= 4 is 11.9 Å². The fourth-order valence-corrected chi connectivity index (χ4v) is 2.66. The minimum atomic E-state index is -1.06. The van der Waals surface area contributed by atoms with E-state index < -0.39 is 11.9 Å².